The molecule has 6 heteroatoms. The number of halogens is 1. The monoisotopic (exact) mass is 343 g/mol. The van der Waals surface area contributed by atoms with Crippen molar-refractivity contribution >= 4 is 17.4 Å². The number of piperazine rings is 1. The fourth-order valence-corrected chi connectivity index (χ4v) is 2.94. The molecule has 3 rings (SSSR count). The average molecular weight is 343 g/mol. The van der Waals surface area contributed by atoms with Gasteiger partial charge in [0.2, 0.25) is 0 Å². The minimum atomic E-state index is -0.496. The maximum absolute atomic E-state index is 13.7. The summed E-state index contributed by atoms with van der Waals surface area (Å²) in [6, 6.07) is 12.5. The van der Waals surface area contributed by atoms with Gasteiger partial charge < -0.3 is 19.9 Å². The van der Waals surface area contributed by atoms with Crippen LogP contribution in [0.2, 0.25) is 0 Å². The standard InChI is InChI=1S/C19H22FN3O2/c1-14-4-3-5-16(12-14)22-8-10-23(11-9-22)19(24)21-15-6-7-18(25-2)17(20)13-15/h3-7,12-13H,8-11H2,1-2H3,(H,21,24). The molecule has 25 heavy (non-hydrogen) atoms. The molecule has 5 nitrogen and oxygen atoms in total. The number of anilines is 2. The van der Waals surface area contributed by atoms with Crippen LogP contribution in [-0.2, 0) is 0 Å². The van der Waals surface area contributed by atoms with E-state index in [1.807, 2.05) is 6.07 Å². The van der Waals surface area contributed by atoms with Crippen LogP contribution in [0.3, 0.4) is 0 Å². The van der Waals surface area contributed by atoms with Crippen molar-refractivity contribution in [3.05, 3.63) is 53.8 Å². The number of benzene rings is 2. The number of hydrogen-bond acceptors (Lipinski definition) is 3. The van der Waals surface area contributed by atoms with Crippen LogP contribution in [0.15, 0.2) is 42.5 Å². The fourth-order valence-electron chi connectivity index (χ4n) is 2.94. The number of methoxy groups -OCH3 is 1. The maximum Gasteiger partial charge on any atom is 0.321 e. The molecule has 0 spiro atoms. The number of amides is 2. The van der Waals surface area contributed by atoms with E-state index < -0.39 is 5.82 Å². The van der Waals surface area contributed by atoms with Gasteiger partial charge in [-0.25, -0.2) is 9.18 Å². The SMILES string of the molecule is COc1ccc(NC(=O)N2CCN(c3cccc(C)c3)CC2)cc1F. The molecule has 0 radical (unpaired) electrons. The molecule has 1 saturated heterocycles. The molecule has 1 aliphatic heterocycles. The third kappa shape index (κ3) is 4.02. The van der Waals surface area contributed by atoms with E-state index in [2.05, 4.69) is 35.3 Å². The second-order valence-electron chi connectivity index (χ2n) is 6.09. The molecule has 0 aliphatic carbocycles. The molecule has 2 aromatic carbocycles. The van der Waals surface area contributed by atoms with Gasteiger partial charge in [0.15, 0.2) is 11.6 Å². The molecule has 0 bridgehead atoms. The van der Waals surface area contributed by atoms with E-state index in [0.29, 0.717) is 18.8 Å². The number of rotatable bonds is 3. The highest BCUT2D eigenvalue weighted by molar-refractivity contribution is 5.89. The molecule has 1 heterocycles. The van der Waals surface area contributed by atoms with E-state index in [0.717, 1.165) is 13.1 Å². The smallest absolute Gasteiger partial charge is 0.321 e. The van der Waals surface area contributed by atoms with E-state index in [9.17, 15) is 9.18 Å². The first-order valence-electron chi connectivity index (χ1n) is 8.28. The van der Waals surface area contributed by atoms with Gasteiger partial charge in [0.25, 0.3) is 0 Å². The maximum atomic E-state index is 13.7. The summed E-state index contributed by atoms with van der Waals surface area (Å²) in [5, 5.41) is 2.74. The highest BCUT2D eigenvalue weighted by Gasteiger charge is 2.21. The van der Waals surface area contributed by atoms with Gasteiger partial charge in [0, 0.05) is 43.6 Å². The molecule has 0 unspecified atom stereocenters. The van der Waals surface area contributed by atoms with Crippen molar-refractivity contribution in [1.29, 1.82) is 0 Å². The predicted molar refractivity (Wildman–Crippen MR) is 96.9 cm³/mol. The lowest BCUT2D eigenvalue weighted by atomic mass is 10.2. The van der Waals surface area contributed by atoms with E-state index >= 15 is 0 Å². The van der Waals surface area contributed by atoms with Gasteiger partial charge in [-0.2, -0.15) is 0 Å². The Bertz CT molecular complexity index is 758. The van der Waals surface area contributed by atoms with Gasteiger partial charge in [-0.15, -0.1) is 0 Å². The predicted octanol–water partition coefficient (Wildman–Crippen LogP) is 3.50. The Morgan fingerprint density at radius 2 is 1.88 bits per heavy atom. The van der Waals surface area contributed by atoms with Crippen LogP contribution in [0.1, 0.15) is 5.56 Å². The molecule has 0 aromatic heterocycles. The topological polar surface area (TPSA) is 44.8 Å². The number of ether oxygens (including phenoxy) is 1. The summed E-state index contributed by atoms with van der Waals surface area (Å²) >= 11 is 0. The number of carbonyl (C=O) groups is 1. The van der Waals surface area contributed by atoms with Crippen molar-refractivity contribution in [2.45, 2.75) is 6.92 Å². The van der Waals surface area contributed by atoms with Crippen molar-refractivity contribution in [3.8, 4) is 5.75 Å². The lowest BCUT2D eigenvalue weighted by molar-refractivity contribution is 0.208. The van der Waals surface area contributed by atoms with Crippen molar-refractivity contribution in [3.63, 3.8) is 0 Å². The minimum Gasteiger partial charge on any atom is -0.494 e. The highest BCUT2D eigenvalue weighted by Crippen LogP contribution is 2.22. The van der Waals surface area contributed by atoms with E-state index in [-0.39, 0.29) is 11.8 Å². The Hall–Kier alpha value is -2.76. The minimum absolute atomic E-state index is 0.157. The third-order valence-corrected chi connectivity index (χ3v) is 4.34. The van der Waals surface area contributed by atoms with Crippen LogP contribution >= 0.6 is 0 Å². The summed E-state index contributed by atoms with van der Waals surface area (Å²) in [5.74, 6) is -0.339. The van der Waals surface area contributed by atoms with E-state index in [4.69, 9.17) is 4.74 Å². The summed E-state index contributed by atoms with van der Waals surface area (Å²) in [7, 11) is 1.41. The number of nitrogens with one attached hydrogen (secondary N) is 1. The normalized spacial score (nSPS) is 14.4. The van der Waals surface area contributed by atoms with Crippen LogP contribution in [0.5, 0.6) is 5.75 Å². The van der Waals surface area contributed by atoms with Crippen molar-refractivity contribution < 1.29 is 13.9 Å². The first-order chi connectivity index (χ1) is 12.1. The van der Waals surface area contributed by atoms with Crippen LogP contribution < -0.4 is 15.0 Å². The lowest BCUT2D eigenvalue weighted by Gasteiger charge is -2.36. The summed E-state index contributed by atoms with van der Waals surface area (Å²) in [4.78, 5) is 16.4. The highest BCUT2D eigenvalue weighted by atomic mass is 19.1. The Labute approximate surface area is 147 Å². The summed E-state index contributed by atoms with van der Waals surface area (Å²) in [6.45, 7) is 4.86. The number of hydrogen-bond donors (Lipinski definition) is 1. The van der Waals surface area contributed by atoms with Crippen LogP contribution in [-0.4, -0.2) is 44.2 Å². The largest absolute Gasteiger partial charge is 0.494 e. The third-order valence-electron chi connectivity index (χ3n) is 4.34. The van der Waals surface area contributed by atoms with Gasteiger partial charge in [0.05, 0.1) is 7.11 Å². The van der Waals surface area contributed by atoms with Gasteiger partial charge in [-0.1, -0.05) is 12.1 Å². The second-order valence-corrected chi connectivity index (χ2v) is 6.09. The van der Waals surface area contributed by atoms with Crippen molar-refractivity contribution in [2.75, 3.05) is 43.5 Å². The Kier molecular flexibility index (Phi) is 5.07. The molecule has 1 aliphatic rings. The molecular weight excluding hydrogens is 321 g/mol. The molecule has 0 saturated carbocycles. The summed E-state index contributed by atoms with van der Waals surface area (Å²) < 4.78 is 18.6. The molecule has 2 aromatic rings. The zero-order chi connectivity index (χ0) is 17.8. The molecule has 1 fully saturated rings. The van der Waals surface area contributed by atoms with E-state index in [1.165, 1.54) is 30.5 Å². The Morgan fingerprint density at radius 1 is 1.12 bits per heavy atom. The Morgan fingerprint density at radius 3 is 2.52 bits per heavy atom. The van der Waals surface area contributed by atoms with Crippen LogP contribution in [0.4, 0.5) is 20.6 Å². The zero-order valence-corrected chi connectivity index (χ0v) is 14.5. The van der Waals surface area contributed by atoms with Gasteiger partial charge in [-0.3, -0.25) is 0 Å². The van der Waals surface area contributed by atoms with Gasteiger partial charge in [0.1, 0.15) is 0 Å². The first kappa shape index (κ1) is 17.1. The number of nitrogens with zero attached hydrogens (tertiary/aromatic N) is 2. The van der Waals surface area contributed by atoms with Crippen LogP contribution in [0.25, 0.3) is 0 Å². The van der Waals surface area contributed by atoms with Gasteiger partial charge >= 0.3 is 6.03 Å². The number of aryl methyl sites for hydroxylation is 1. The summed E-state index contributed by atoms with van der Waals surface area (Å²) in [6.07, 6.45) is 0. The first-order valence-corrected chi connectivity index (χ1v) is 8.28. The zero-order valence-electron chi connectivity index (χ0n) is 14.5. The molecule has 1 N–H and O–H groups in total. The molecule has 2 amide bonds. The summed E-state index contributed by atoms with van der Waals surface area (Å²) in [5.41, 5.74) is 2.82. The van der Waals surface area contributed by atoms with Crippen molar-refractivity contribution in [2.24, 2.45) is 0 Å². The molecule has 132 valence electrons. The van der Waals surface area contributed by atoms with Crippen LogP contribution in [0, 0.1) is 12.7 Å². The van der Waals surface area contributed by atoms with Crippen molar-refractivity contribution in [1.82, 2.24) is 4.90 Å². The number of urea groups is 1. The Balaban J connectivity index is 1.57. The second kappa shape index (κ2) is 7.42. The molecule has 0 atom stereocenters. The molecular formula is C19H22FN3O2. The van der Waals surface area contributed by atoms with E-state index in [1.54, 1.807) is 11.0 Å². The lowest BCUT2D eigenvalue weighted by Crippen LogP contribution is -2.50. The number of carbonyl (C=O) groups excluding carboxylic acids is 1. The quantitative estimate of drug-likeness (QED) is 0.928. The van der Waals surface area contributed by atoms with Gasteiger partial charge in [-0.05, 0) is 36.8 Å². The average Bonchev–Trinajstić information content (AvgIpc) is 2.62. The fraction of sp³-hybridized carbons (Fsp3) is 0.316.